The number of aryl methyl sites for hydroxylation is 1. The van der Waals surface area contributed by atoms with E-state index >= 15 is 0 Å². The highest BCUT2D eigenvalue weighted by Gasteiger charge is 2.02. The molecule has 0 aliphatic carbocycles. The first-order valence-electron chi connectivity index (χ1n) is 5.52. The van der Waals surface area contributed by atoms with Gasteiger partial charge in [-0.15, -0.1) is 0 Å². The second-order valence-corrected chi connectivity index (χ2v) is 3.78. The van der Waals surface area contributed by atoms with Gasteiger partial charge in [-0.3, -0.25) is 10.2 Å². The van der Waals surface area contributed by atoms with Crippen LogP contribution in [-0.4, -0.2) is 12.5 Å². The topological polar surface area (TPSA) is 64.3 Å². The van der Waals surface area contributed by atoms with Crippen molar-refractivity contribution in [2.75, 3.05) is 6.61 Å². The molecule has 0 bridgehead atoms. The quantitative estimate of drug-likeness (QED) is 0.344. The summed E-state index contributed by atoms with van der Waals surface area (Å²) >= 11 is 0. The number of hydrogen-bond acceptors (Lipinski definition) is 3. The van der Waals surface area contributed by atoms with Crippen molar-refractivity contribution in [3.05, 3.63) is 29.6 Å². The number of ether oxygens (including phenoxy) is 1. The van der Waals surface area contributed by atoms with Crippen LogP contribution in [0, 0.1) is 12.7 Å². The number of carbonyl (C=O) groups is 1. The molecule has 1 amide bonds. The van der Waals surface area contributed by atoms with Crippen molar-refractivity contribution in [1.29, 1.82) is 0 Å². The third-order valence-electron chi connectivity index (χ3n) is 2.37. The van der Waals surface area contributed by atoms with Crippen LogP contribution >= 0.6 is 0 Å². The number of hydrazine groups is 1. The van der Waals surface area contributed by atoms with Gasteiger partial charge in [-0.1, -0.05) is 6.07 Å². The zero-order valence-electron chi connectivity index (χ0n) is 9.83. The Balaban J connectivity index is 2.26. The van der Waals surface area contributed by atoms with E-state index in [1.54, 1.807) is 6.07 Å². The largest absolute Gasteiger partial charge is 0.493 e. The fourth-order valence-electron chi connectivity index (χ4n) is 1.37. The van der Waals surface area contributed by atoms with Gasteiger partial charge >= 0.3 is 0 Å². The smallest absolute Gasteiger partial charge is 0.233 e. The van der Waals surface area contributed by atoms with E-state index in [-0.39, 0.29) is 11.7 Å². The monoisotopic (exact) mass is 240 g/mol. The summed E-state index contributed by atoms with van der Waals surface area (Å²) in [4.78, 5) is 10.8. The van der Waals surface area contributed by atoms with Crippen molar-refractivity contribution in [2.45, 2.75) is 26.2 Å². The van der Waals surface area contributed by atoms with Crippen LogP contribution in [0.25, 0.3) is 0 Å². The zero-order chi connectivity index (χ0) is 12.7. The summed E-state index contributed by atoms with van der Waals surface area (Å²) in [6.45, 7) is 2.32. The first-order chi connectivity index (χ1) is 8.13. The number of hydrogen-bond donors (Lipinski definition) is 2. The van der Waals surface area contributed by atoms with Gasteiger partial charge in [0.2, 0.25) is 5.91 Å². The number of benzene rings is 1. The van der Waals surface area contributed by atoms with Gasteiger partial charge < -0.3 is 4.74 Å². The second kappa shape index (κ2) is 6.85. The van der Waals surface area contributed by atoms with Crippen LogP contribution in [0.3, 0.4) is 0 Å². The Morgan fingerprint density at radius 1 is 1.47 bits per heavy atom. The fourth-order valence-corrected chi connectivity index (χ4v) is 1.37. The lowest BCUT2D eigenvalue weighted by molar-refractivity contribution is -0.121. The molecule has 0 saturated heterocycles. The molecule has 1 aromatic carbocycles. The van der Waals surface area contributed by atoms with Crippen LogP contribution in [0.1, 0.15) is 24.8 Å². The maximum atomic E-state index is 12.9. The van der Waals surface area contributed by atoms with E-state index in [0.29, 0.717) is 25.2 Å². The molecule has 94 valence electrons. The molecule has 0 aliphatic heterocycles. The normalized spacial score (nSPS) is 10.1. The van der Waals surface area contributed by atoms with Crippen molar-refractivity contribution >= 4 is 5.91 Å². The van der Waals surface area contributed by atoms with Crippen molar-refractivity contribution < 1.29 is 13.9 Å². The number of unbranched alkanes of at least 4 members (excludes halogenated alkanes) is 1. The van der Waals surface area contributed by atoms with Gasteiger partial charge in [0.25, 0.3) is 0 Å². The van der Waals surface area contributed by atoms with Gasteiger partial charge in [-0.05, 0) is 31.4 Å². The van der Waals surface area contributed by atoms with Crippen molar-refractivity contribution in [3.8, 4) is 5.75 Å². The molecular formula is C12H17FN2O2. The number of carbonyl (C=O) groups excluding carboxylic acids is 1. The van der Waals surface area contributed by atoms with E-state index in [9.17, 15) is 9.18 Å². The molecule has 3 N–H and O–H groups in total. The van der Waals surface area contributed by atoms with Gasteiger partial charge in [0.15, 0.2) is 0 Å². The predicted octanol–water partition coefficient (Wildman–Crippen LogP) is 1.67. The van der Waals surface area contributed by atoms with Crippen LogP contribution in [0.15, 0.2) is 18.2 Å². The molecule has 0 saturated carbocycles. The van der Waals surface area contributed by atoms with Gasteiger partial charge in [0.05, 0.1) is 6.61 Å². The molecule has 17 heavy (non-hydrogen) atoms. The Morgan fingerprint density at radius 2 is 2.24 bits per heavy atom. The minimum atomic E-state index is -0.312. The maximum Gasteiger partial charge on any atom is 0.233 e. The average Bonchev–Trinajstić information content (AvgIpc) is 2.32. The molecule has 0 fully saturated rings. The molecule has 5 heteroatoms. The Bertz CT molecular complexity index is 383. The van der Waals surface area contributed by atoms with Crippen molar-refractivity contribution in [2.24, 2.45) is 5.84 Å². The third-order valence-corrected chi connectivity index (χ3v) is 2.37. The maximum absolute atomic E-state index is 12.9. The first kappa shape index (κ1) is 13.4. The van der Waals surface area contributed by atoms with Crippen LogP contribution in [0.5, 0.6) is 5.75 Å². The fraction of sp³-hybridized carbons (Fsp3) is 0.417. The Kier molecular flexibility index (Phi) is 5.42. The molecule has 0 atom stereocenters. The average molecular weight is 240 g/mol. The molecule has 0 radical (unpaired) electrons. The predicted molar refractivity (Wildman–Crippen MR) is 62.8 cm³/mol. The van der Waals surface area contributed by atoms with E-state index in [4.69, 9.17) is 10.6 Å². The molecule has 1 aromatic rings. The van der Waals surface area contributed by atoms with Crippen LogP contribution in [-0.2, 0) is 4.79 Å². The number of nitrogens with one attached hydrogen (secondary N) is 1. The number of rotatable bonds is 6. The molecule has 0 aliphatic rings. The lowest BCUT2D eigenvalue weighted by Crippen LogP contribution is -2.29. The van der Waals surface area contributed by atoms with E-state index < -0.39 is 0 Å². The van der Waals surface area contributed by atoms with Gasteiger partial charge in [0, 0.05) is 12.5 Å². The highest BCUT2D eigenvalue weighted by molar-refractivity contribution is 5.75. The zero-order valence-corrected chi connectivity index (χ0v) is 9.83. The first-order valence-corrected chi connectivity index (χ1v) is 5.52. The SMILES string of the molecule is Cc1ccc(F)cc1OCCCCC(=O)NN. The summed E-state index contributed by atoms with van der Waals surface area (Å²) < 4.78 is 18.4. The minimum absolute atomic E-state index is 0.188. The molecule has 4 nitrogen and oxygen atoms in total. The highest BCUT2D eigenvalue weighted by atomic mass is 19.1. The van der Waals surface area contributed by atoms with Crippen LogP contribution < -0.4 is 16.0 Å². The molecule has 0 heterocycles. The van der Waals surface area contributed by atoms with Gasteiger partial charge in [-0.2, -0.15) is 0 Å². The van der Waals surface area contributed by atoms with E-state index in [1.807, 2.05) is 6.92 Å². The van der Waals surface area contributed by atoms with E-state index in [0.717, 1.165) is 12.0 Å². The van der Waals surface area contributed by atoms with Crippen molar-refractivity contribution in [1.82, 2.24) is 5.43 Å². The summed E-state index contributed by atoms with van der Waals surface area (Å²) in [5.74, 6) is 4.99. The summed E-state index contributed by atoms with van der Waals surface area (Å²) in [5.41, 5.74) is 2.96. The summed E-state index contributed by atoms with van der Waals surface area (Å²) in [6, 6.07) is 4.43. The van der Waals surface area contributed by atoms with Gasteiger partial charge in [-0.25, -0.2) is 10.2 Å². The highest BCUT2D eigenvalue weighted by Crippen LogP contribution is 2.18. The lowest BCUT2D eigenvalue weighted by atomic mass is 10.2. The number of amides is 1. The molecular weight excluding hydrogens is 223 g/mol. The Labute approximate surface area is 99.9 Å². The summed E-state index contributed by atoms with van der Waals surface area (Å²) in [5, 5.41) is 0. The summed E-state index contributed by atoms with van der Waals surface area (Å²) in [7, 11) is 0. The van der Waals surface area contributed by atoms with E-state index in [1.165, 1.54) is 12.1 Å². The molecule has 0 unspecified atom stereocenters. The van der Waals surface area contributed by atoms with Crippen molar-refractivity contribution in [3.63, 3.8) is 0 Å². The second-order valence-electron chi connectivity index (χ2n) is 3.78. The molecule has 0 aromatic heterocycles. The van der Waals surface area contributed by atoms with Gasteiger partial charge in [0.1, 0.15) is 11.6 Å². The standard InChI is InChI=1S/C12H17FN2O2/c1-9-5-6-10(13)8-11(9)17-7-3-2-4-12(16)15-14/h5-6,8H,2-4,7,14H2,1H3,(H,15,16). The molecule has 1 rings (SSSR count). The Hall–Kier alpha value is -1.62. The lowest BCUT2D eigenvalue weighted by Gasteiger charge is -2.08. The third kappa shape index (κ3) is 4.82. The van der Waals surface area contributed by atoms with Crippen LogP contribution in [0.4, 0.5) is 4.39 Å². The number of halogens is 1. The number of nitrogens with two attached hydrogens (primary N) is 1. The molecule has 0 spiro atoms. The van der Waals surface area contributed by atoms with E-state index in [2.05, 4.69) is 5.43 Å². The minimum Gasteiger partial charge on any atom is -0.493 e. The Morgan fingerprint density at radius 3 is 2.94 bits per heavy atom. The van der Waals surface area contributed by atoms with Crippen LogP contribution in [0.2, 0.25) is 0 Å². The summed E-state index contributed by atoms with van der Waals surface area (Å²) in [6.07, 6.45) is 1.79.